The number of aromatic hydroxyl groups is 1. The second-order valence-corrected chi connectivity index (χ2v) is 3.74. The molecule has 0 spiro atoms. The first-order valence-electron chi connectivity index (χ1n) is 3.76. The molecule has 0 radical (unpaired) electrons. The van der Waals surface area contributed by atoms with Crippen LogP contribution in [0.4, 0.5) is 18.9 Å². The Morgan fingerprint density at radius 1 is 1.33 bits per heavy atom. The maximum atomic E-state index is 12.1. The largest absolute Gasteiger partial charge is 0.505 e. The number of anilines is 1. The van der Waals surface area contributed by atoms with E-state index in [1.54, 1.807) is 0 Å². The molecule has 1 rings (SSSR count). The van der Waals surface area contributed by atoms with Gasteiger partial charge in [-0.25, -0.2) is 0 Å². The maximum Gasteiger partial charge on any atom is 0.418 e. The van der Waals surface area contributed by atoms with E-state index in [-0.39, 0.29) is 15.9 Å². The van der Waals surface area contributed by atoms with Crippen molar-refractivity contribution in [2.75, 3.05) is 5.73 Å². The SMILES string of the molecule is Nc1cc(C(O)C(F)(F)F)cc(Br)c1O. The first-order chi connectivity index (χ1) is 6.73. The average molecular weight is 286 g/mol. The van der Waals surface area contributed by atoms with Crippen LogP contribution in [0.3, 0.4) is 0 Å². The lowest BCUT2D eigenvalue weighted by Crippen LogP contribution is -2.20. The molecular weight excluding hydrogens is 279 g/mol. The van der Waals surface area contributed by atoms with Gasteiger partial charge >= 0.3 is 6.18 Å². The molecule has 4 N–H and O–H groups in total. The molecule has 0 aliphatic carbocycles. The topological polar surface area (TPSA) is 66.5 Å². The Kier molecular flexibility index (Phi) is 3.15. The van der Waals surface area contributed by atoms with Crippen LogP contribution in [-0.4, -0.2) is 16.4 Å². The Labute approximate surface area is 91.5 Å². The van der Waals surface area contributed by atoms with Crippen molar-refractivity contribution < 1.29 is 23.4 Å². The fraction of sp³-hybridized carbons (Fsp3) is 0.250. The van der Waals surface area contributed by atoms with Crippen LogP contribution in [0, 0.1) is 0 Å². The van der Waals surface area contributed by atoms with E-state index >= 15 is 0 Å². The summed E-state index contributed by atoms with van der Waals surface area (Å²) in [4.78, 5) is 0. The number of phenols is 1. The van der Waals surface area contributed by atoms with Crippen molar-refractivity contribution in [3.63, 3.8) is 0 Å². The average Bonchev–Trinajstić information content (AvgIpc) is 2.10. The smallest absolute Gasteiger partial charge is 0.418 e. The number of nitrogens with two attached hydrogens (primary N) is 1. The Hall–Kier alpha value is -0.950. The highest BCUT2D eigenvalue weighted by atomic mass is 79.9. The van der Waals surface area contributed by atoms with Gasteiger partial charge in [0.05, 0.1) is 10.2 Å². The number of aliphatic hydroxyl groups excluding tert-OH is 1. The summed E-state index contributed by atoms with van der Waals surface area (Å²) in [5.74, 6) is -0.354. The van der Waals surface area contributed by atoms with Gasteiger partial charge < -0.3 is 15.9 Å². The Bertz CT molecular complexity index is 358. The molecule has 1 aromatic rings. The van der Waals surface area contributed by atoms with E-state index in [9.17, 15) is 18.3 Å². The summed E-state index contributed by atoms with van der Waals surface area (Å²) in [6, 6.07) is 1.84. The second kappa shape index (κ2) is 3.90. The highest BCUT2D eigenvalue weighted by Crippen LogP contribution is 2.38. The van der Waals surface area contributed by atoms with Gasteiger partial charge in [-0.1, -0.05) is 0 Å². The first kappa shape index (κ1) is 12.1. The predicted molar refractivity (Wildman–Crippen MR) is 51.2 cm³/mol. The van der Waals surface area contributed by atoms with Gasteiger partial charge in [0.1, 0.15) is 0 Å². The number of hydrogen-bond donors (Lipinski definition) is 3. The van der Waals surface area contributed by atoms with Crippen LogP contribution in [0.25, 0.3) is 0 Å². The molecule has 1 aromatic carbocycles. The third-order valence-electron chi connectivity index (χ3n) is 1.74. The van der Waals surface area contributed by atoms with E-state index in [0.717, 1.165) is 12.1 Å². The van der Waals surface area contributed by atoms with Gasteiger partial charge in [0.25, 0.3) is 0 Å². The molecule has 0 saturated heterocycles. The minimum Gasteiger partial charge on any atom is -0.505 e. The maximum absolute atomic E-state index is 12.1. The summed E-state index contributed by atoms with van der Waals surface area (Å²) < 4.78 is 36.4. The third-order valence-corrected chi connectivity index (χ3v) is 2.35. The van der Waals surface area contributed by atoms with Crippen molar-refractivity contribution >= 4 is 21.6 Å². The number of phenolic OH excluding ortho intramolecular Hbond substituents is 1. The number of aliphatic hydroxyl groups is 1. The minimum atomic E-state index is -4.76. The first-order valence-corrected chi connectivity index (χ1v) is 4.55. The van der Waals surface area contributed by atoms with E-state index in [2.05, 4.69) is 15.9 Å². The van der Waals surface area contributed by atoms with Crippen LogP contribution in [0.1, 0.15) is 11.7 Å². The second-order valence-electron chi connectivity index (χ2n) is 2.88. The Morgan fingerprint density at radius 2 is 1.87 bits per heavy atom. The molecule has 0 saturated carbocycles. The van der Waals surface area contributed by atoms with Crippen molar-refractivity contribution in [3.8, 4) is 5.75 Å². The van der Waals surface area contributed by atoms with Gasteiger partial charge in [-0.05, 0) is 33.6 Å². The Morgan fingerprint density at radius 3 is 2.27 bits per heavy atom. The van der Waals surface area contributed by atoms with E-state index in [1.165, 1.54) is 0 Å². The fourth-order valence-corrected chi connectivity index (χ4v) is 1.48. The van der Waals surface area contributed by atoms with Gasteiger partial charge in [0, 0.05) is 0 Å². The van der Waals surface area contributed by atoms with Crippen LogP contribution in [0.15, 0.2) is 16.6 Å². The van der Waals surface area contributed by atoms with Crippen LogP contribution >= 0.6 is 15.9 Å². The highest BCUT2D eigenvalue weighted by Gasteiger charge is 2.39. The summed E-state index contributed by atoms with van der Waals surface area (Å²) in [7, 11) is 0. The molecular formula is C8H7BrF3NO2. The molecule has 7 heteroatoms. The zero-order chi connectivity index (χ0) is 11.8. The number of nitrogen functional groups attached to an aromatic ring is 1. The molecule has 0 bridgehead atoms. The zero-order valence-corrected chi connectivity index (χ0v) is 8.80. The predicted octanol–water partition coefficient (Wildman–Crippen LogP) is 2.33. The van der Waals surface area contributed by atoms with Crippen LogP contribution in [0.5, 0.6) is 5.75 Å². The lowest BCUT2D eigenvalue weighted by molar-refractivity contribution is -0.206. The zero-order valence-electron chi connectivity index (χ0n) is 7.22. The van der Waals surface area contributed by atoms with Gasteiger partial charge in [0.15, 0.2) is 11.9 Å². The monoisotopic (exact) mass is 285 g/mol. The van der Waals surface area contributed by atoms with Crippen molar-refractivity contribution in [2.24, 2.45) is 0 Å². The number of alkyl halides is 3. The van der Waals surface area contributed by atoms with Crippen LogP contribution < -0.4 is 5.73 Å². The van der Waals surface area contributed by atoms with Gasteiger partial charge in [-0.3, -0.25) is 0 Å². The molecule has 15 heavy (non-hydrogen) atoms. The number of rotatable bonds is 1. The lowest BCUT2D eigenvalue weighted by Gasteiger charge is -2.16. The van der Waals surface area contributed by atoms with Crippen LogP contribution in [0.2, 0.25) is 0 Å². The van der Waals surface area contributed by atoms with Crippen molar-refractivity contribution in [1.82, 2.24) is 0 Å². The molecule has 0 aliphatic heterocycles. The quantitative estimate of drug-likeness (QED) is 0.548. The fourth-order valence-electron chi connectivity index (χ4n) is 0.989. The third kappa shape index (κ3) is 2.54. The van der Waals surface area contributed by atoms with Crippen molar-refractivity contribution in [1.29, 1.82) is 0 Å². The molecule has 0 heterocycles. The van der Waals surface area contributed by atoms with Crippen molar-refractivity contribution in [3.05, 3.63) is 22.2 Å². The molecule has 0 aliphatic rings. The molecule has 1 atom stereocenters. The van der Waals surface area contributed by atoms with E-state index < -0.39 is 17.8 Å². The number of hydrogen-bond acceptors (Lipinski definition) is 3. The van der Waals surface area contributed by atoms with E-state index in [4.69, 9.17) is 10.8 Å². The van der Waals surface area contributed by atoms with Crippen molar-refractivity contribution in [2.45, 2.75) is 12.3 Å². The van der Waals surface area contributed by atoms with E-state index in [0.29, 0.717) is 0 Å². The highest BCUT2D eigenvalue weighted by molar-refractivity contribution is 9.10. The summed E-state index contributed by atoms with van der Waals surface area (Å²) in [5, 5.41) is 18.1. The number of benzene rings is 1. The van der Waals surface area contributed by atoms with Gasteiger partial charge in [-0.15, -0.1) is 0 Å². The molecule has 84 valence electrons. The Balaban J connectivity index is 3.17. The number of halogens is 4. The molecule has 0 amide bonds. The van der Waals surface area contributed by atoms with Gasteiger partial charge in [-0.2, -0.15) is 13.2 Å². The van der Waals surface area contributed by atoms with Crippen LogP contribution in [-0.2, 0) is 0 Å². The molecule has 1 unspecified atom stereocenters. The van der Waals surface area contributed by atoms with Gasteiger partial charge in [0.2, 0.25) is 0 Å². The normalized spacial score (nSPS) is 13.9. The van der Waals surface area contributed by atoms with E-state index in [1.807, 2.05) is 0 Å². The minimum absolute atomic E-state index is 0.000741. The molecule has 0 fully saturated rings. The molecule has 0 aromatic heterocycles. The summed E-state index contributed by atoms with van der Waals surface area (Å²) in [5.41, 5.74) is 4.58. The standard InChI is InChI=1S/C8H7BrF3NO2/c9-4-1-3(2-5(13)6(4)14)7(15)8(10,11)12/h1-2,7,14-15H,13H2. The lowest BCUT2D eigenvalue weighted by atomic mass is 10.1. The summed E-state index contributed by atoms with van der Waals surface area (Å²) >= 11 is 2.82. The summed E-state index contributed by atoms with van der Waals surface area (Å²) in [6.45, 7) is 0. The summed E-state index contributed by atoms with van der Waals surface area (Å²) in [6.07, 6.45) is -7.38. The molecule has 3 nitrogen and oxygen atoms in total.